The molecule has 2 aliphatic rings. The normalized spacial score (nSPS) is 20.3. The van der Waals surface area contributed by atoms with Crippen molar-refractivity contribution in [2.75, 3.05) is 25.0 Å². The Morgan fingerprint density at radius 1 is 1.15 bits per heavy atom. The van der Waals surface area contributed by atoms with Crippen molar-refractivity contribution in [3.8, 4) is 5.75 Å². The molecule has 1 saturated heterocycles. The fourth-order valence-electron chi connectivity index (χ4n) is 4.31. The second-order valence-corrected chi connectivity index (χ2v) is 7.50. The molecular formula is C21H31N3O3. The van der Waals surface area contributed by atoms with Gasteiger partial charge in [-0.25, -0.2) is 4.79 Å². The van der Waals surface area contributed by atoms with Crippen molar-refractivity contribution >= 4 is 17.6 Å². The maximum atomic E-state index is 12.8. The van der Waals surface area contributed by atoms with Crippen LogP contribution >= 0.6 is 0 Å². The van der Waals surface area contributed by atoms with E-state index < -0.39 is 0 Å². The molecule has 3 rings (SSSR count). The van der Waals surface area contributed by atoms with Gasteiger partial charge in [-0.1, -0.05) is 25.3 Å². The third-order valence-electron chi connectivity index (χ3n) is 5.58. The Balaban J connectivity index is 1.56. The van der Waals surface area contributed by atoms with Crippen molar-refractivity contribution in [3.05, 3.63) is 24.3 Å². The van der Waals surface area contributed by atoms with Crippen molar-refractivity contribution in [2.24, 2.45) is 5.92 Å². The van der Waals surface area contributed by atoms with Gasteiger partial charge in [-0.05, 0) is 50.7 Å². The molecule has 0 spiro atoms. The third kappa shape index (κ3) is 5.37. The highest BCUT2D eigenvalue weighted by molar-refractivity contribution is 5.90. The summed E-state index contributed by atoms with van der Waals surface area (Å²) < 4.78 is 5.51. The van der Waals surface area contributed by atoms with Gasteiger partial charge in [0.2, 0.25) is 0 Å². The second kappa shape index (κ2) is 9.62. The van der Waals surface area contributed by atoms with E-state index in [1.165, 1.54) is 32.1 Å². The number of benzene rings is 1. The number of carbonyl (C=O) groups is 2. The number of hydrogen-bond acceptors (Lipinski definition) is 3. The number of nitrogens with one attached hydrogen (secondary N) is 2. The predicted octanol–water partition coefficient (Wildman–Crippen LogP) is 3.78. The summed E-state index contributed by atoms with van der Waals surface area (Å²) in [5.41, 5.74) is 0.697. The molecular weight excluding hydrogens is 342 g/mol. The molecule has 1 aromatic rings. The van der Waals surface area contributed by atoms with E-state index >= 15 is 0 Å². The summed E-state index contributed by atoms with van der Waals surface area (Å²) in [4.78, 5) is 26.4. The molecule has 0 aromatic heterocycles. The average molecular weight is 373 g/mol. The van der Waals surface area contributed by atoms with Gasteiger partial charge in [0, 0.05) is 30.9 Å². The lowest BCUT2D eigenvalue weighted by Gasteiger charge is -2.34. The number of hydrogen-bond donors (Lipinski definition) is 2. The first-order valence-electron chi connectivity index (χ1n) is 10.2. The first-order chi connectivity index (χ1) is 13.2. The zero-order chi connectivity index (χ0) is 19.1. The third-order valence-corrected chi connectivity index (χ3v) is 5.58. The average Bonchev–Trinajstić information content (AvgIpc) is 3.18. The van der Waals surface area contributed by atoms with Crippen molar-refractivity contribution in [1.29, 1.82) is 0 Å². The van der Waals surface area contributed by atoms with Gasteiger partial charge in [0.05, 0.1) is 0 Å². The highest BCUT2D eigenvalue weighted by atomic mass is 16.5. The van der Waals surface area contributed by atoms with E-state index in [0.717, 1.165) is 19.4 Å². The lowest BCUT2D eigenvalue weighted by molar-refractivity contribution is -0.122. The minimum Gasteiger partial charge on any atom is -0.484 e. The fourth-order valence-corrected chi connectivity index (χ4v) is 4.31. The molecule has 1 heterocycles. The molecule has 2 fully saturated rings. The summed E-state index contributed by atoms with van der Waals surface area (Å²) in [7, 11) is 0. The largest absolute Gasteiger partial charge is 0.484 e. The number of likely N-dealkylation sites (tertiary alicyclic amines) is 1. The van der Waals surface area contributed by atoms with Gasteiger partial charge >= 0.3 is 6.03 Å². The molecule has 1 unspecified atom stereocenters. The van der Waals surface area contributed by atoms with E-state index in [1.807, 2.05) is 24.0 Å². The Labute approximate surface area is 161 Å². The Bertz CT molecular complexity index is 643. The van der Waals surface area contributed by atoms with Gasteiger partial charge in [0.1, 0.15) is 5.75 Å². The zero-order valence-corrected chi connectivity index (χ0v) is 16.2. The van der Waals surface area contributed by atoms with Crippen LogP contribution in [0, 0.1) is 5.92 Å². The Morgan fingerprint density at radius 2 is 1.96 bits per heavy atom. The van der Waals surface area contributed by atoms with Crippen molar-refractivity contribution in [2.45, 2.75) is 57.9 Å². The van der Waals surface area contributed by atoms with E-state index in [1.54, 1.807) is 12.1 Å². The molecule has 1 atom stereocenters. The molecule has 3 amide bonds. The molecule has 0 bridgehead atoms. The molecule has 1 aliphatic carbocycles. The van der Waals surface area contributed by atoms with Gasteiger partial charge in [0.15, 0.2) is 6.61 Å². The Morgan fingerprint density at radius 3 is 2.74 bits per heavy atom. The highest BCUT2D eigenvalue weighted by Gasteiger charge is 2.35. The molecule has 148 valence electrons. The van der Waals surface area contributed by atoms with Crippen molar-refractivity contribution < 1.29 is 14.3 Å². The molecule has 27 heavy (non-hydrogen) atoms. The minimum absolute atomic E-state index is 0.0241. The van der Waals surface area contributed by atoms with Gasteiger partial charge in [-0.15, -0.1) is 0 Å². The summed E-state index contributed by atoms with van der Waals surface area (Å²) in [5.74, 6) is 1.07. The molecule has 1 aromatic carbocycles. The first-order valence-corrected chi connectivity index (χ1v) is 10.2. The number of urea groups is 1. The van der Waals surface area contributed by atoms with E-state index in [9.17, 15) is 9.59 Å². The molecule has 1 aliphatic heterocycles. The van der Waals surface area contributed by atoms with Crippen molar-refractivity contribution in [3.63, 3.8) is 0 Å². The topological polar surface area (TPSA) is 70.7 Å². The summed E-state index contributed by atoms with van der Waals surface area (Å²) in [6.45, 7) is 3.25. The van der Waals surface area contributed by atoms with E-state index in [4.69, 9.17) is 4.74 Å². The highest BCUT2D eigenvalue weighted by Crippen LogP contribution is 2.34. The van der Waals surface area contributed by atoms with E-state index in [2.05, 4.69) is 10.6 Å². The fraction of sp³-hybridized carbons (Fsp3) is 0.619. The minimum atomic E-state index is -0.153. The van der Waals surface area contributed by atoms with Crippen LogP contribution in [0.1, 0.15) is 51.9 Å². The van der Waals surface area contributed by atoms with E-state index in [0.29, 0.717) is 29.9 Å². The smallest absolute Gasteiger partial charge is 0.322 e. The van der Waals surface area contributed by atoms with Crippen LogP contribution in [0.15, 0.2) is 24.3 Å². The van der Waals surface area contributed by atoms with Crippen LogP contribution in [0.25, 0.3) is 0 Å². The summed E-state index contributed by atoms with van der Waals surface area (Å²) in [6, 6.07) is 7.58. The van der Waals surface area contributed by atoms with Crippen LogP contribution in [0.3, 0.4) is 0 Å². The molecule has 2 N–H and O–H groups in total. The first kappa shape index (κ1) is 19.5. The maximum absolute atomic E-state index is 12.8. The van der Waals surface area contributed by atoms with Gasteiger partial charge in [-0.2, -0.15) is 0 Å². The quantitative estimate of drug-likeness (QED) is 0.797. The van der Waals surface area contributed by atoms with Crippen LogP contribution in [0.2, 0.25) is 0 Å². The molecule has 6 nitrogen and oxygen atoms in total. The summed E-state index contributed by atoms with van der Waals surface area (Å²) >= 11 is 0. The van der Waals surface area contributed by atoms with Crippen LogP contribution < -0.4 is 15.4 Å². The number of likely N-dealkylation sites (N-methyl/N-ethyl adjacent to an activating group) is 1. The Kier molecular flexibility index (Phi) is 6.96. The van der Waals surface area contributed by atoms with Crippen LogP contribution in [-0.2, 0) is 4.79 Å². The van der Waals surface area contributed by atoms with Gasteiger partial charge in [-0.3, -0.25) is 4.79 Å². The van der Waals surface area contributed by atoms with Gasteiger partial charge < -0.3 is 20.3 Å². The monoisotopic (exact) mass is 373 g/mol. The number of anilines is 1. The van der Waals surface area contributed by atoms with Crippen LogP contribution in [-0.4, -0.2) is 42.6 Å². The standard InChI is InChI=1S/C21H31N3O3/c1-2-22-20(25)15-27-18-11-6-10-17(14-18)23-21(26)24-13-7-12-19(24)16-8-4-3-5-9-16/h6,10-11,14,16,19H,2-5,7-9,12-13,15H2,1H3,(H,22,25)(H,23,26). The zero-order valence-electron chi connectivity index (χ0n) is 16.2. The molecule has 0 radical (unpaired) electrons. The molecule has 1 saturated carbocycles. The Hall–Kier alpha value is -2.24. The molecule has 6 heteroatoms. The number of rotatable bonds is 6. The lowest BCUT2D eigenvalue weighted by atomic mass is 9.83. The predicted molar refractivity (Wildman–Crippen MR) is 106 cm³/mol. The number of ether oxygens (including phenoxy) is 1. The lowest BCUT2D eigenvalue weighted by Crippen LogP contribution is -2.43. The second-order valence-electron chi connectivity index (χ2n) is 7.50. The van der Waals surface area contributed by atoms with Crippen molar-refractivity contribution in [1.82, 2.24) is 10.2 Å². The maximum Gasteiger partial charge on any atom is 0.322 e. The SMILES string of the molecule is CCNC(=O)COc1cccc(NC(=O)N2CCCC2C2CCCCC2)c1. The summed E-state index contributed by atoms with van der Waals surface area (Å²) in [5, 5.41) is 5.71. The summed E-state index contributed by atoms with van der Waals surface area (Å²) in [6.07, 6.45) is 8.62. The van der Waals surface area contributed by atoms with Crippen LogP contribution in [0.4, 0.5) is 10.5 Å². The number of carbonyl (C=O) groups excluding carboxylic acids is 2. The van der Waals surface area contributed by atoms with Crippen LogP contribution in [0.5, 0.6) is 5.75 Å². The number of amides is 3. The van der Waals surface area contributed by atoms with E-state index in [-0.39, 0.29) is 18.5 Å². The number of nitrogens with zero attached hydrogens (tertiary/aromatic N) is 1. The van der Waals surface area contributed by atoms with Gasteiger partial charge in [0.25, 0.3) is 5.91 Å².